The van der Waals surface area contributed by atoms with Gasteiger partial charge in [0.2, 0.25) is 5.91 Å². The number of benzene rings is 2. The van der Waals surface area contributed by atoms with Gasteiger partial charge < -0.3 is 20.1 Å². The largest absolute Gasteiger partial charge is 0.573 e. The predicted octanol–water partition coefficient (Wildman–Crippen LogP) is 5.86. The van der Waals surface area contributed by atoms with Gasteiger partial charge in [-0.15, -0.1) is 18.3 Å². The summed E-state index contributed by atoms with van der Waals surface area (Å²) in [6.07, 6.45) is -0.308. The Balaban J connectivity index is 1.36. The van der Waals surface area contributed by atoms with Crippen LogP contribution in [0, 0.1) is 11.3 Å². The van der Waals surface area contributed by atoms with E-state index >= 15 is 0 Å². The van der Waals surface area contributed by atoms with Crippen molar-refractivity contribution in [2.45, 2.75) is 90.4 Å². The maximum atomic E-state index is 14.0. The molecule has 5 rings (SSSR count). The summed E-state index contributed by atoms with van der Waals surface area (Å²) in [7, 11) is 0. The number of tetrazole rings is 1. The number of carbonyl (C=O) groups excluding carboxylic acids is 1. The van der Waals surface area contributed by atoms with Gasteiger partial charge in [0.05, 0.1) is 12.5 Å². The van der Waals surface area contributed by atoms with E-state index in [9.17, 15) is 23.1 Å². The number of halogens is 3. The number of ether oxygens (including phenoxy) is 1. The number of rotatable bonds is 8. The molecule has 1 amide bonds. The molecule has 0 bridgehead atoms. The SMILES string of the molecule is CC(C)(C)C1CCC(N(C(=O)Cc2ccc(OC(F)(F)F)cc2)C2CCc3cc(C(O)Nc4nn[nH]n4)ccc32)CC1. The second-order valence-electron chi connectivity index (χ2n) is 12.3. The van der Waals surface area contributed by atoms with Gasteiger partial charge in [0.25, 0.3) is 5.95 Å². The topological polar surface area (TPSA) is 116 Å². The Morgan fingerprint density at radius 2 is 1.81 bits per heavy atom. The fourth-order valence-electron chi connectivity index (χ4n) is 6.43. The molecule has 2 aromatic carbocycles. The number of carbonyl (C=O) groups is 1. The smallest absolute Gasteiger partial charge is 0.406 e. The number of aryl methyl sites for hydroxylation is 1. The highest BCUT2D eigenvalue weighted by molar-refractivity contribution is 5.80. The van der Waals surface area contributed by atoms with Crippen LogP contribution in [0.3, 0.4) is 0 Å². The van der Waals surface area contributed by atoms with Crippen LogP contribution in [0.15, 0.2) is 42.5 Å². The third kappa shape index (κ3) is 7.03. The normalized spacial score (nSPS) is 21.5. The molecule has 0 aliphatic heterocycles. The van der Waals surface area contributed by atoms with Gasteiger partial charge >= 0.3 is 6.36 Å². The van der Waals surface area contributed by atoms with E-state index in [0.717, 1.165) is 49.7 Å². The first-order valence-corrected chi connectivity index (χ1v) is 14.3. The van der Waals surface area contributed by atoms with Crippen molar-refractivity contribution >= 4 is 11.9 Å². The number of aliphatic hydroxyl groups is 1. The number of fused-ring (bicyclic) bond motifs is 1. The van der Waals surface area contributed by atoms with Crippen molar-refractivity contribution in [3.8, 4) is 5.75 Å². The molecule has 3 N–H and O–H groups in total. The molecule has 0 radical (unpaired) electrons. The molecule has 42 heavy (non-hydrogen) atoms. The monoisotopic (exact) mass is 586 g/mol. The quantitative estimate of drug-likeness (QED) is 0.283. The van der Waals surface area contributed by atoms with Crippen LogP contribution in [-0.4, -0.2) is 48.9 Å². The van der Waals surface area contributed by atoms with Gasteiger partial charge in [-0.1, -0.05) is 56.2 Å². The van der Waals surface area contributed by atoms with Crippen molar-refractivity contribution in [1.82, 2.24) is 25.5 Å². The molecule has 1 heterocycles. The fourth-order valence-corrected chi connectivity index (χ4v) is 6.43. The lowest BCUT2D eigenvalue weighted by molar-refractivity contribution is -0.274. The molecular weight excluding hydrogens is 549 g/mol. The maximum Gasteiger partial charge on any atom is 0.573 e. The third-order valence-corrected chi connectivity index (χ3v) is 8.59. The first-order chi connectivity index (χ1) is 19.9. The third-order valence-electron chi connectivity index (χ3n) is 8.59. The summed E-state index contributed by atoms with van der Waals surface area (Å²) < 4.78 is 41.8. The van der Waals surface area contributed by atoms with Crippen LogP contribution in [0.2, 0.25) is 0 Å². The summed E-state index contributed by atoms with van der Waals surface area (Å²) in [6, 6.07) is 11.2. The van der Waals surface area contributed by atoms with E-state index in [1.165, 1.54) is 24.3 Å². The van der Waals surface area contributed by atoms with Gasteiger partial charge in [-0.3, -0.25) is 4.79 Å². The van der Waals surface area contributed by atoms with Crippen LogP contribution >= 0.6 is 0 Å². The molecule has 3 aromatic rings. The van der Waals surface area contributed by atoms with Crippen LogP contribution in [0.25, 0.3) is 0 Å². The van der Waals surface area contributed by atoms with Gasteiger partial charge in [-0.25, -0.2) is 0 Å². The highest BCUT2D eigenvalue weighted by atomic mass is 19.4. The Hall–Kier alpha value is -3.67. The Kier molecular flexibility index (Phi) is 8.45. The zero-order chi connectivity index (χ0) is 30.1. The molecule has 226 valence electrons. The van der Waals surface area contributed by atoms with Crippen molar-refractivity contribution in [3.63, 3.8) is 0 Å². The number of H-pyrrole nitrogens is 1. The summed E-state index contributed by atoms with van der Waals surface area (Å²) in [5.74, 6) is 0.409. The lowest BCUT2D eigenvalue weighted by atomic mass is 9.71. The maximum absolute atomic E-state index is 14.0. The van der Waals surface area contributed by atoms with Gasteiger partial charge in [0.1, 0.15) is 5.75 Å². The molecular formula is C30H37F3N6O3. The Labute approximate surface area is 242 Å². The number of aromatic nitrogens is 4. The van der Waals surface area contributed by atoms with Crippen LogP contribution in [-0.2, 0) is 17.6 Å². The number of amides is 1. The molecule has 0 saturated heterocycles. The van der Waals surface area contributed by atoms with Crippen LogP contribution < -0.4 is 10.1 Å². The molecule has 1 aromatic heterocycles. The summed E-state index contributed by atoms with van der Waals surface area (Å²) in [4.78, 5) is 16.0. The van der Waals surface area contributed by atoms with Crippen molar-refractivity contribution in [3.05, 3.63) is 64.7 Å². The number of nitrogens with one attached hydrogen (secondary N) is 2. The van der Waals surface area contributed by atoms with Crippen LogP contribution in [0.1, 0.15) is 87.4 Å². The van der Waals surface area contributed by atoms with Gasteiger partial charge in [0.15, 0.2) is 6.23 Å². The van der Waals surface area contributed by atoms with Gasteiger partial charge in [-0.05, 0) is 83.9 Å². The Bertz CT molecular complexity index is 1350. The molecule has 2 aliphatic rings. The zero-order valence-electron chi connectivity index (χ0n) is 24.0. The van der Waals surface area contributed by atoms with Crippen LogP contribution in [0.4, 0.5) is 19.1 Å². The van der Waals surface area contributed by atoms with Gasteiger partial charge in [0, 0.05) is 11.6 Å². The number of aromatic amines is 1. The second-order valence-corrected chi connectivity index (χ2v) is 12.3. The number of hydrogen-bond acceptors (Lipinski definition) is 7. The van der Waals surface area contributed by atoms with E-state index in [1.54, 1.807) is 0 Å². The highest BCUT2D eigenvalue weighted by Gasteiger charge is 2.39. The molecule has 9 nitrogen and oxygen atoms in total. The van der Waals surface area contributed by atoms with Crippen LogP contribution in [0.5, 0.6) is 5.75 Å². The molecule has 2 unspecified atom stereocenters. The average molecular weight is 587 g/mol. The van der Waals surface area contributed by atoms with E-state index < -0.39 is 12.6 Å². The zero-order valence-corrected chi connectivity index (χ0v) is 24.0. The molecule has 12 heteroatoms. The van der Waals surface area contributed by atoms with Gasteiger partial charge in [-0.2, -0.15) is 5.21 Å². The lowest BCUT2D eigenvalue weighted by Crippen LogP contribution is -2.45. The lowest BCUT2D eigenvalue weighted by Gasteiger charge is -2.43. The molecule has 1 saturated carbocycles. The molecule has 2 atom stereocenters. The Morgan fingerprint density at radius 1 is 1.10 bits per heavy atom. The minimum atomic E-state index is -4.77. The predicted molar refractivity (Wildman–Crippen MR) is 149 cm³/mol. The fraction of sp³-hybridized carbons (Fsp3) is 0.533. The molecule has 0 spiro atoms. The number of alkyl halides is 3. The number of nitrogens with zero attached hydrogens (tertiary/aromatic N) is 4. The average Bonchev–Trinajstić information content (AvgIpc) is 3.59. The Morgan fingerprint density at radius 3 is 2.43 bits per heavy atom. The van der Waals surface area contributed by atoms with E-state index in [0.29, 0.717) is 17.0 Å². The van der Waals surface area contributed by atoms with Crippen molar-refractivity contribution in [2.24, 2.45) is 11.3 Å². The minimum Gasteiger partial charge on any atom is -0.406 e. The first kappa shape index (κ1) is 29.8. The standard InChI is InChI=1S/C30H37F3N6O3/c1-29(2,3)21-8-10-22(11-9-21)39(26(40)16-18-4-12-23(13-5-18)42-30(31,32)33)25-15-7-19-17-20(6-14-24(19)25)27(41)34-28-35-37-38-36-28/h4-6,12-14,17,21-22,25,27,41H,7-11,15-16H2,1-3H3,(H2,34,35,36,37,38). The molecule has 2 aliphatic carbocycles. The minimum absolute atomic E-state index is 0.0422. The van der Waals surface area contributed by atoms with E-state index in [-0.39, 0.29) is 41.5 Å². The number of anilines is 1. The summed E-state index contributed by atoms with van der Waals surface area (Å²) >= 11 is 0. The molecule has 1 fully saturated rings. The number of aliphatic hydroxyl groups excluding tert-OH is 1. The number of hydrogen-bond donors (Lipinski definition) is 3. The first-order valence-electron chi connectivity index (χ1n) is 14.3. The second kappa shape index (κ2) is 11.9. The van der Waals surface area contributed by atoms with Crippen molar-refractivity contribution < 1.29 is 27.8 Å². The summed E-state index contributed by atoms with van der Waals surface area (Å²) in [6.45, 7) is 6.79. The van der Waals surface area contributed by atoms with E-state index in [2.05, 4.69) is 51.4 Å². The summed E-state index contributed by atoms with van der Waals surface area (Å²) in [5, 5.41) is 26.9. The van der Waals surface area contributed by atoms with E-state index in [4.69, 9.17) is 0 Å². The van der Waals surface area contributed by atoms with E-state index in [1.807, 2.05) is 23.1 Å². The van der Waals surface area contributed by atoms with Crippen molar-refractivity contribution in [1.29, 1.82) is 0 Å². The highest BCUT2D eigenvalue weighted by Crippen LogP contribution is 2.44. The summed E-state index contributed by atoms with van der Waals surface area (Å²) in [5.41, 5.74) is 3.62. The van der Waals surface area contributed by atoms with Crippen molar-refractivity contribution in [2.75, 3.05) is 5.32 Å².